The number of halogens is 3. The molecule has 4 rings (SSSR count). The van der Waals surface area contributed by atoms with Gasteiger partial charge in [-0.25, -0.2) is 9.67 Å². The van der Waals surface area contributed by atoms with E-state index in [0.29, 0.717) is 26.7 Å². The Labute approximate surface area is 154 Å². The van der Waals surface area contributed by atoms with Crippen LogP contribution in [-0.2, 0) is 12.7 Å². The summed E-state index contributed by atoms with van der Waals surface area (Å²) < 4.78 is 45.4. The smallest absolute Gasteiger partial charge is 0.416 e. The first kappa shape index (κ1) is 17.5. The molecule has 0 aliphatic heterocycles. The third-order valence-electron chi connectivity index (χ3n) is 3.98. The zero-order valence-electron chi connectivity index (χ0n) is 13.9. The molecule has 4 aromatic rings. The van der Waals surface area contributed by atoms with Crippen molar-refractivity contribution in [2.45, 2.75) is 19.6 Å². The van der Waals surface area contributed by atoms with E-state index in [1.807, 2.05) is 0 Å². The van der Waals surface area contributed by atoms with Crippen LogP contribution in [0.1, 0.15) is 16.1 Å². The van der Waals surface area contributed by atoms with Crippen molar-refractivity contribution in [2.24, 2.45) is 0 Å². The molecule has 5 nitrogen and oxygen atoms in total. The Morgan fingerprint density at radius 1 is 1.19 bits per heavy atom. The summed E-state index contributed by atoms with van der Waals surface area (Å²) in [5, 5.41) is 5.09. The highest BCUT2D eigenvalue weighted by Gasteiger charge is 2.30. The molecule has 0 atom stereocenters. The summed E-state index contributed by atoms with van der Waals surface area (Å²) in [6.45, 7) is 1.81. The number of benzene rings is 1. The zero-order valence-corrected chi connectivity index (χ0v) is 14.8. The summed E-state index contributed by atoms with van der Waals surface area (Å²) in [6, 6.07) is 8.07. The largest absolute Gasteiger partial charge is 0.463 e. The number of hydrogen-bond donors (Lipinski definition) is 0. The minimum Gasteiger partial charge on any atom is -0.463 e. The summed E-state index contributed by atoms with van der Waals surface area (Å²) in [5.74, 6) is 0.491. The van der Waals surface area contributed by atoms with E-state index in [1.165, 1.54) is 34.4 Å². The molecule has 9 heteroatoms. The number of nitrogens with zero attached hydrogens (tertiary/aromatic N) is 3. The molecule has 0 unspecified atom stereocenters. The van der Waals surface area contributed by atoms with E-state index in [4.69, 9.17) is 4.42 Å². The second-order valence-electron chi connectivity index (χ2n) is 5.89. The van der Waals surface area contributed by atoms with E-state index in [9.17, 15) is 18.0 Å². The number of hydrogen-bond acceptors (Lipinski definition) is 5. The molecule has 0 fully saturated rings. The van der Waals surface area contributed by atoms with Crippen LogP contribution in [0.4, 0.5) is 13.2 Å². The molecule has 3 aromatic heterocycles. The van der Waals surface area contributed by atoms with Gasteiger partial charge < -0.3 is 4.42 Å². The van der Waals surface area contributed by atoms with E-state index in [0.717, 1.165) is 12.1 Å². The SMILES string of the molecule is Cc1nc2c(=O)n(Cc3ccc(C(F)(F)F)cc3)nc(-c3ccco3)c2s1. The monoisotopic (exact) mass is 391 g/mol. The topological polar surface area (TPSA) is 60.9 Å². The molecule has 0 N–H and O–H groups in total. The Balaban J connectivity index is 1.80. The quantitative estimate of drug-likeness (QED) is 0.516. The van der Waals surface area contributed by atoms with Crippen LogP contribution in [0.25, 0.3) is 21.7 Å². The van der Waals surface area contributed by atoms with Gasteiger partial charge in [-0.15, -0.1) is 11.3 Å². The van der Waals surface area contributed by atoms with Crippen LogP contribution in [0.2, 0.25) is 0 Å². The predicted octanol–water partition coefficient (Wildman–Crippen LogP) is 4.49. The van der Waals surface area contributed by atoms with E-state index >= 15 is 0 Å². The first-order chi connectivity index (χ1) is 12.8. The molecule has 3 heterocycles. The van der Waals surface area contributed by atoms with Gasteiger partial charge in [0.1, 0.15) is 5.69 Å². The van der Waals surface area contributed by atoms with Crippen molar-refractivity contribution < 1.29 is 17.6 Å². The summed E-state index contributed by atoms with van der Waals surface area (Å²) in [6.07, 6.45) is -2.90. The maximum absolute atomic E-state index is 12.7. The lowest BCUT2D eigenvalue weighted by Gasteiger charge is -2.09. The first-order valence-electron chi connectivity index (χ1n) is 7.91. The Morgan fingerprint density at radius 2 is 1.93 bits per heavy atom. The lowest BCUT2D eigenvalue weighted by molar-refractivity contribution is -0.137. The van der Waals surface area contributed by atoms with Crippen LogP contribution in [-0.4, -0.2) is 14.8 Å². The number of rotatable bonds is 3. The van der Waals surface area contributed by atoms with Crippen molar-refractivity contribution in [1.82, 2.24) is 14.8 Å². The van der Waals surface area contributed by atoms with Gasteiger partial charge in [-0.05, 0) is 36.8 Å². The molecule has 27 heavy (non-hydrogen) atoms. The maximum Gasteiger partial charge on any atom is 0.416 e. The molecule has 0 saturated carbocycles. The van der Waals surface area contributed by atoms with Crippen LogP contribution in [0.3, 0.4) is 0 Å². The highest BCUT2D eigenvalue weighted by Crippen LogP contribution is 2.30. The van der Waals surface area contributed by atoms with Crippen LogP contribution in [0, 0.1) is 6.92 Å². The van der Waals surface area contributed by atoms with Gasteiger partial charge in [0.05, 0.1) is 28.1 Å². The van der Waals surface area contributed by atoms with Gasteiger partial charge in [-0.3, -0.25) is 4.79 Å². The molecule has 0 bridgehead atoms. The fourth-order valence-electron chi connectivity index (χ4n) is 2.72. The number of fused-ring (bicyclic) bond motifs is 1. The van der Waals surface area contributed by atoms with Crippen LogP contribution >= 0.6 is 11.3 Å². The summed E-state index contributed by atoms with van der Waals surface area (Å²) in [4.78, 5) is 17.0. The molecule has 0 spiro atoms. The van der Waals surface area contributed by atoms with Crippen LogP contribution in [0.15, 0.2) is 51.9 Å². The lowest BCUT2D eigenvalue weighted by atomic mass is 10.1. The molecule has 0 aliphatic carbocycles. The van der Waals surface area contributed by atoms with Crippen LogP contribution in [0.5, 0.6) is 0 Å². The number of aryl methyl sites for hydroxylation is 1. The van der Waals surface area contributed by atoms with Gasteiger partial charge in [0.2, 0.25) is 0 Å². The minimum absolute atomic E-state index is 0.0250. The number of aromatic nitrogens is 3. The second-order valence-corrected chi connectivity index (χ2v) is 7.10. The van der Waals surface area contributed by atoms with Gasteiger partial charge in [-0.2, -0.15) is 18.3 Å². The van der Waals surface area contributed by atoms with Gasteiger partial charge in [-0.1, -0.05) is 12.1 Å². The number of alkyl halides is 3. The summed E-state index contributed by atoms with van der Waals surface area (Å²) in [7, 11) is 0. The van der Waals surface area contributed by atoms with Crippen molar-refractivity contribution in [3.8, 4) is 11.5 Å². The maximum atomic E-state index is 12.7. The van der Waals surface area contributed by atoms with E-state index < -0.39 is 17.3 Å². The predicted molar refractivity (Wildman–Crippen MR) is 94.7 cm³/mol. The average Bonchev–Trinajstić information content (AvgIpc) is 3.27. The van der Waals surface area contributed by atoms with Crippen molar-refractivity contribution in [1.29, 1.82) is 0 Å². The van der Waals surface area contributed by atoms with Gasteiger partial charge in [0.15, 0.2) is 11.3 Å². The Bertz CT molecular complexity index is 1160. The first-order valence-corrected chi connectivity index (χ1v) is 8.73. The van der Waals surface area contributed by atoms with E-state index in [1.54, 1.807) is 19.1 Å². The highest BCUT2D eigenvalue weighted by molar-refractivity contribution is 7.19. The number of furan rings is 1. The van der Waals surface area contributed by atoms with Gasteiger partial charge in [0.25, 0.3) is 5.56 Å². The van der Waals surface area contributed by atoms with Crippen LogP contribution < -0.4 is 5.56 Å². The molecule has 0 amide bonds. The van der Waals surface area contributed by atoms with Crippen molar-refractivity contribution in [3.63, 3.8) is 0 Å². The Hall–Kier alpha value is -2.94. The lowest BCUT2D eigenvalue weighted by Crippen LogP contribution is -2.24. The third kappa shape index (κ3) is 3.25. The molecule has 0 saturated heterocycles. The van der Waals surface area contributed by atoms with Gasteiger partial charge in [0, 0.05) is 0 Å². The minimum atomic E-state index is -4.41. The van der Waals surface area contributed by atoms with Crippen molar-refractivity contribution in [2.75, 3.05) is 0 Å². The molecular weight excluding hydrogens is 379 g/mol. The summed E-state index contributed by atoms with van der Waals surface area (Å²) >= 11 is 1.34. The Kier molecular flexibility index (Phi) is 4.11. The fourth-order valence-corrected chi connectivity index (χ4v) is 3.62. The molecule has 1 aromatic carbocycles. The second kappa shape index (κ2) is 6.34. The van der Waals surface area contributed by atoms with Crippen molar-refractivity contribution >= 4 is 21.6 Å². The molecule has 0 aliphatic rings. The number of thiazole rings is 1. The Morgan fingerprint density at radius 3 is 2.56 bits per heavy atom. The third-order valence-corrected chi connectivity index (χ3v) is 4.95. The normalized spacial score (nSPS) is 12.0. The standard InChI is InChI=1S/C18H12F3N3O2S/c1-10-22-15-16(27-10)14(13-3-2-8-26-13)23-24(17(15)25)9-11-4-6-12(7-5-11)18(19,20)21/h2-8H,9H2,1H3. The zero-order chi connectivity index (χ0) is 19.2. The van der Waals surface area contributed by atoms with E-state index in [-0.39, 0.29) is 12.1 Å². The summed E-state index contributed by atoms with van der Waals surface area (Å²) in [5.41, 5.74) is 0.130. The van der Waals surface area contributed by atoms with Gasteiger partial charge >= 0.3 is 6.18 Å². The molecule has 138 valence electrons. The molecule has 0 radical (unpaired) electrons. The highest BCUT2D eigenvalue weighted by atomic mass is 32.1. The van der Waals surface area contributed by atoms with E-state index in [2.05, 4.69) is 10.1 Å². The van der Waals surface area contributed by atoms with Crippen molar-refractivity contribution in [3.05, 3.63) is 69.1 Å². The molecular formula is C18H12F3N3O2S. The average molecular weight is 391 g/mol. The fraction of sp³-hybridized carbons (Fsp3) is 0.167.